The Hall–Kier alpha value is -0.830. The molecule has 0 aliphatic rings. The van der Waals surface area contributed by atoms with Crippen LogP contribution < -0.4 is 5.73 Å². The van der Waals surface area contributed by atoms with Gasteiger partial charge in [0.05, 0.1) is 5.69 Å². The van der Waals surface area contributed by atoms with Crippen molar-refractivity contribution in [2.45, 2.75) is 13.8 Å². The number of hydrogen-bond acceptors (Lipinski definition) is 3. The quantitative estimate of drug-likeness (QED) is 0.618. The topological polar surface area (TPSA) is 51.8 Å². The van der Waals surface area contributed by atoms with Gasteiger partial charge in [-0.25, -0.2) is 9.97 Å². The highest BCUT2D eigenvalue weighted by atomic mass is 35.5. The Morgan fingerprint density at radius 3 is 2.40 bits per heavy atom. The molecule has 0 aliphatic carbocycles. The van der Waals surface area contributed by atoms with Gasteiger partial charge in [-0.15, -0.1) is 0 Å². The number of nitrogen functional groups attached to an aromatic ring is 1. The molecule has 3 nitrogen and oxygen atoms in total. The van der Waals surface area contributed by atoms with Crippen LogP contribution in [0.2, 0.25) is 5.02 Å². The van der Waals surface area contributed by atoms with E-state index >= 15 is 0 Å². The lowest BCUT2D eigenvalue weighted by atomic mass is 10.4. The van der Waals surface area contributed by atoms with Crippen LogP contribution >= 0.6 is 11.6 Å². The molecule has 0 saturated carbocycles. The first-order valence-electron chi connectivity index (χ1n) is 2.87. The largest absolute Gasteiger partial charge is 0.382 e. The van der Waals surface area contributed by atoms with E-state index in [0.29, 0.717) is 16.7 Å². The van der Waals surface area contributed by atoms with Gasteiger partial charge in [0.2, 0.25) is 0 Å². The van der Waals surface area contributed by atoms with Gasteiger partial charge in [-0.1, -0.05) is 11.6 Å². The molecule has 0 aliphatic heterocycles. The lowest BCUT2D eigenvalue weighted by Crippen LogP contribution is -1.98. The van der Waals surface area contributed by atoms with Crippen LogP contribution in [0.5, 0.6) is 0 Å². The maximum absolute atomic E-state index is 5.70. The van der Waals surface area contributed by atoms with Crippen molar-refractivity contribution >= 4 is 17.4 Å². The van der Waals surface area contributed by atoms with Crippen LogP contribution in [0.4, 0.5) is 5.82 Å². The molecule has 0 fully saturated rings. The molecule has 2 N–H and O–H groups in total. The average molecular weight is 158 g/mol. The summed E-state index contributed by atoms with van der Waals surface area (Å²) in [5.74, 6) is 1.01. The first-order valence-corrected chi connectivity index (χ1v) is 3.25. The average Bonchev–Trinajstić information content (AvgIpc) is 1.82. The molecular formula is C6H8ClN3. The second-order valence-electron chi connectivity index (χ2n) is 2.06. The van der Waals surface area contributed by atoms with E-state index in [0.717, 1.165) is 5.69 Å². The first-order chi connectivity index (χ1) is 4.61. The summed E-state index contributed by atoms with van der Waals surface area (Å²) < 4.78 is 0. The molecule has 0 aromatic carbocycles. The number of aromatic nitrogens is 2. The van der Waals surface area contributed by atoms with Gasteiger partial charge in [-0.2, -0.15) is 0 Å². The zero-order valence-corrected chi connectivity index (χ0v) is 6.61. The highest BCUT2D eigenvalue weighted by Crippen LogP contribution is 2.18. The molecule has 0 saturated heterocycles. The Morgan fingerprint density at radius 1 is 1.30 bits per heavy atom. The fourth-order valence-electron chi connectivity index (χ4n) is 0.726. The van der Waals surface area contributed by atoms with Crippen molar-refractivity contribution in [2.75, 3.05) is 5.73 Å². The van der Waals surface area contributed by atoms with Crippen LogP contribution in [-0.4, -0.2) is 9.97 Å². The van der Waals surface area contributed by atoms with Gasteiger partial charge in [-0.3, -0.25) is 0 Å². The van der Waals surface area contributed by atoms with E-state index in [4.69, 9.17) is 17.3 Å². The Morgan fingerprint density at radius 2 is 1.90 bits per heavy atom. The smallest absolute Gasteiger partial charge is 0.146 e. The van der Waals surface area contributed by atoms with E-state index in [-0.39, 0.29) is 0 Å². The summed E-state index contributed by atoms with van der Waals surface area (Å²) in [6, 6.07) is 0. The zero-order valence-electron chi connectivity index (χ0n) is 5.85. The summed E-state index contributed by atoms with van der Waals surface area (Å²) in [4.78, 5) is 7.88. The van der Waals surface area contributed by atoms with Gasteiger partial charge < -0.3 is 5.73 Å². The summed E-state index contributed by atoms with van der Waals surface area (Å²) in [5.41, 5.74) is 6.17. The molecule has 0 unspecified atom stereocenters. The number of anilines is 1. The Balaban J connectivity index is 3.31. The Bertz CT molecular complexity index is 236. The van der Waals surface area contributed by atoms with Crippen molar-refractivity contribution in [3.8, 4) is 0 Å². The molecule has 0 spiro atoms. The van der Waals surface area contributed by atoms with Gasteiger partial charge in [0.15, 0.2) is 0 Å². The van der Waals surface area contributed by atoms with Crippen molar-refractivity contribution in [1.29, 1.82) is 0 Å². The van der Waals surface area contributed by atoms with Crippen LogP contribution in [-0.2, 0) is 0 Å². The van der Waals surface area contributed by atoms with Crippen LogP contribution in [0.25, 0.3) is 0 Å². The summed E-state index contributed by atoms with van der Waals surface area (Å²) in [5, 5.41) is 0.450. The van der Waals surface area contributed by atoms with Crippen molar-refractivity contribution in [3.05, 3.63) is 16.5 Å². The predicted octanol–water partition coefficient (Wildman–Crippen LogP) is 1.33. The van der Waals surface area contributed by atoms with E-state index in [2.05, 4.69) is 9.97 Å². The van der Waals surface area contributed by atoms with E-state index in [1.165, 1.54) is 0 Å². The second kappa shape index (κ2) is 2.42. The molecule has 0 atom stereocenters. The van der Waals surface area contributed by atoms with Crippen LogP contribution in [0.15, 0.2) is 0 Å². The number of aryl methyl sites for hydroxylation is 2. The minimum Gasteiger partial charge on any atom is -0.382 e. The van der Waals surface area contributed by atoms with E-state index in [9.17, 15) is 0 Å². The lowest BCUT2D eigenvalue weighted by Gasteiger charge is -2.00. The molecule has 0 bridgehead atoms. The van der Waals surface area contributed by atoms with Gasteiger partial charge >= 0.3 is 0 Å². The van der Waals surface area contributed by atoms with Gasteiger partial charge in [0.1, 0.15) is 16.7 Å². The lowest BCUT2D eigenvalue weighted by molar-refractivity contribution is 1.02. The summed E-state index contributed by atoms with van der Waals surface area (Å²) in [6.07, 6.45) is 0. The second-order valence-corrected chi connectivity index (χ2v) is 2.43. The molecule has 1 rings (SSSR count). The number of nitrogens with zero attached hydrogens (tertiary/aromatic N) is 2. The number of halogens is 1. The maximum Gasteiger partial charge on any atom is 0.146 e. The fourth-order valence-corrected chi connectivity index (χ4v) is 0.810. The Labute approximate surface area is 64.2 Å². The molecule has 1 heterocycles. The fraction of sp³-hybridized carbons (Fsp3) is 0.333. The molecule has 4 heteroatoms. The standard InChI is InChI=1S/C6H8ClN3/c1-3-5(7)6(8)10-4(2)9-3/h1-2H3,(H2,8,9,10). The minimum atomic E-state index is 0.353. The molecule has 0 amide bonds. The van der Waals surface area contributed by atoms with Gasteiger partial charge in [0, 0.05) is 0 Å². The van der Waals surface area contributed by atoms with Crippen LogP contribution in [0, 0.1) is 13.8 Å². The molecule has 10 heavy (non-hydrogen) atoms. The first kappa shape index (κ1) is 7.28. The minimum absolute atomic E-state index is 0.353. The highest BCUT2D eigenvalue weighted by Gasteiger charge is 2.02. The predicted molar refractivity (Wildman–Crippen MR) is 40.9 cm³/mol. The van der Waals surface area contributed by atoms with E-state index in [1.54, 1.807) is 13.8 Å². The summed E-state index contributed by atoms with van der Waals surface area (Å²) >= 11 is 5.70. The van der Waals surface area contributed by atoms with Crippen molar-refractivity contribution in [2.24, 2.45) is 0 Å². The van der Waals surface area contributed by atoms with Crippen molar-refractivity contribution in [3.63, 3.8) is 0 Å². The molecule has 1 aromatic heterocycles. The zero-order chi connectivity index (χ0) is 7.72. The van der Waals surface area contributed by atoms with Gasteiger partial charge in [-0.05, 0) is 13.8 Å². The number of hydrogen-bond donors (Lipinski definition) is 1. The van der Waals surface area contributed by atoms with E-state index in [1.807, 2.05) is 0 Å². The number of rotatable bonds is 0. The summed E-state index contributed by atoms with van der Waals surface area (Å²) in [7, 11) is 0. The third-order valence-corrected chi connectivity index (χ3v) is 1.62. The van der Waals surface area contributed by atoms with Crippen LogP contribution in [0.3, 0.4) is 0 Å². The highest BCUT2D eigenvalue weighted by molar-refractivity contribution is 6.33. The molecule has 0 radical (unpaired) electrons. The number of nitrogens with two attached hydrogens (primary N) is 1. The third-order valence-electron chi connectivity index (χ3n) is 1.15. The summed E-state index contributed by atoms with van der Waals surface area (Å²) in [6.45, 7) is 3.58. The third kappa shape index (κ3) is 1.19. The molecule has 54 valence electrons. The van der Waals surface area contributed by atoms with E-state index < -0.39 is 0 Å². The SMILES string of the molecule is Cc1nc(C)c(Cl)c(N)n1. The van der Waals surface area contributed by atoms with Crippen molar-refractivity contribution < 1.29 is 0 Å². The maximum atomic E-state index is 5.70. The Kier molecular flexibility index (Phi) is 1.76. The molecular weight excluding hydrogens is 150 g/mol. The van der Waals surface area contributed by atoms with Gasteiger partial charge in [0.25, 0.3) is 0 Å². The monoisotopic (exact) mass is 157 g/mol. The molecule has 1 aromatic rings. The van der Waals surface area contributed by atoms with Crippen LogP contribution in [0.1, 0.15) is 11.5 Å². The van der Waals surface area contributed by atoms with Crippen molar-refractivity contribution in [1.82, 2.24) is 9.97 Å². The normalized spacial score (nSPS) is 9.90.